The average Bonchev–Trinajstić information content (AvgIpc) is 2.85. The van der Waals surface area contributed by atoms with Gasteiger partial charge in [-0.05, 0) is 36.4 Å². The van der Waals surface area contributed by atoms with E-state index in [0.717, 1.165) is 6.07 Å². The number of fused-ring (bicyclic) bond motifs is 2. The van der Waals surface area contributed by atoms with Crippen molar-refractivity contribution in [2.75, 3.05) is 0 Å². The number of hydrogen-bond donors (Lipinski definition) is 2. The quantitative estimate of drug-likeness (QED) is 0.451. The second-order valence-corrected chi connectivity index (χ2v) is 7.01. The Hall–Kier alpha value is -3.52. The molecule has 6 nitrogen and oxygen atoms in total. The largest absolute Gasteiger partial charge is 0.366 e. The standard InChI is InChI=1S/C22H16FN3O3/c23-18-11-15(13-24)2-5-16(18)4-1-14-3-6-17-19(12-14)25-20-7-8-22(28,29)9-10-26(20)21(17)27/h2-3,5-6,11-12,28-29H,7-10H2. The summed E-state index contributed by atoms with van der Waals surface area (Å²) in [6.07, 6.45) is 0.430. The highest BCUT2D eigenvalue weighted by Gasteiger charge is 2.28. The van der Waals surface area contributed by atoms with Gasteiger partial charge in [0.25, 0.3) is 5.56 Å². The number of rotatable bonds is 0. The van der Waals surface area contributed by atoms with Crippen molar-refractivity contribution in [1.29, 1.82) is 5.26 Å². The van der Waals surface area contributed by atoms with E-state index in [1.54, 1.807) is 18.2 Å². The van der Waals surface area contributed by atoms with Crippen molar-refractivity contribution in [2.24, 2.45) is 0 Å². The van der Waals surface area contributed by atoms with E-state index in [0.29, 0.717) is 22.3 Å². The van der Waals surface area contributed by atoms with Crippen LogP contribution < -0.4 is 5.56 Å². The number of nitriles is 1. The van der Waals surface area contributed by atoms with Gasteiger partial charge in [-0.2, -0.15) is 5.26 Å². The van der Waals surface area contributed by atoms with E-state index in [4.69, 9.17) is 5.26 Å². The Morgan fingerprint density at radius 3 is 2.66 bits per heavy atom. The number of benzene rings is 2. The third-order valence-corrected chi connectivity index (χ3v) is 4.96. The minimum atomic E-state index is -1.81. The van der Waals surface area contributed by atoms with Gasteiger partial charge in [-0.1, -0.05) is 11.8 Å². The Morgan fingerprint density at radius 2 is 1.90 bits per heavy atom. The first kappa shape index (κ1) is 18.8. The lowest BCUT2D eigenvalue weighted by Gasteiger charge is -2.17. The van der Waals surface area contributed by atoms with E-state index in [2.05, 4.69) is 16.8 Å². The van der Waals surface area contributed by atoms with E-state index < -0.39 is 11.6 Å². The molecule has 0 bridgehead atoms. The van der Waals surface area contributed by atoms with Crippen molar-refractivity contribution < 1.29 is 14.6 Å². The van der Waals surface area contributed by atoms with Crippen LogP contribution in [-0.4, -0.2) is 25.6 Å². The normalized spacial score (nSPS) is 15.0. The van der Waals surface area contributed by atoms with E-state index in [9.17, 15) is 19.4 Å². The molecule has 0 fully saturated rings. The molecule has 2 heterocycles. The zero-order valence-electron chi connectivity index (χ0n) is 15.3. The topological polar surface area (TPSA) is 99.1 Å². The molecule has 2 N–H and O–H groups in total. The molecule has 0 radical (unpaired) electrons. The van der Waals surface area contributed by atoms with Crippen LogP contribution in [0.15, 0.2) is 41.2 Å². The van der Waals surface area contributed by atoms with Gasteiger partial charge in [-0.15, -0.1) is 0 Å². The van der Waals surface area contributed by atoms with E-state index in [1.807, 2.05) is 6.07 Å². The summed E-state index contributed by atoms with van der Waals surface area (Å²) < 4.78 is 15.5. The number of halogens is 1. The monoisotopic (exact) mass is 389 g/mol. The van der Waals surface area contributed by atoms with Gasteiger partial charge in [-0.25, -0.2) is 9.37 Å². The van der Waals surface area contributed by atoms with Crippen molar-refractivity contribution in [1.82, 2.24) is 9.55 Å². The molecule has 0 aliphatic carbocycles. The molecule has 0 amide bonds. The van der Waals surface area contributed by atoms with Gasteiger partial charge in [0, 0.05) is 31.4 Å². The molecule has 144 valence electrons. The van der Waals surface area contributed by atoms with Crippen LogP contribution in [0.5, 0.6) is 0 Å². The number of aryl methyl sites for hydroxylation is 1. The second kappa shape index (κ2) is 7.14. The molecule has 2 aromatic carbocycles. The van der Waals surface area contributed by atoms with Gasteiger partial charge in [0.1, 0.15) is 11.6 Å². The molecule has 1 aromatic heterocycles. The summed E-state index contributed by atoms with van der Waals surface area (Å²) >= 11 is 0. The maximum Gasteiger partial charge on any atom is 0.261 e. The lowest BCUT2D eigenvalue weighted by Crippen LogP contribution is -2.29. The summed E-state index contributed by atoms with van der Waals surface area (Å²) in [6.45, 7) is 0.184. The fourth-order valence-electron chi connectivity index (χ4n) is 3.32. The maximum absolute atomic E-state index is 14.0. The number of aromatic nitrogens is 2. The number of aliphatic hydroxyl groups is 2. The Balaban J connectivity index is 1.73. The van der Waals surface area contributed by atoms with Crippen molar-refractivity contribution >= 4 is 10.9 Å². The molecule has 3 aromatic rings. The summed E-state index contributed by atoms with van der Waals surface area (Å²) in [7, 11) is 0. The summed E-state index contributed by atoms with van der Waals surface area (Å²) in [5.41, 5.74) is 1.17. The van der Waals surface area contributed by atoms with Crippen LogP contribution in [0.2, 0.25) is 0 Å². The summed E-state index contributed by atoms with van der Waals surface area (Å²) in [4.78, 5) is 17.3. The van der Waals surface area contributed by atoms with Crippen LogP contribution in [0.3, 0.4) is 0 Å². The summed E-state index contributed by atoms with van der Waals surface area (Å²) in [5, 5.41) is 29.0. The van der Waals surface area contributed by atoms with Gasteiger partial charge >= 0.3 is 0 Å². The first-order valence-corrected chi connectivity index (χ1v) is 9.06. The van der Waals surface area contributed by atoms with E-state index in [1.165, 1.54) is 16.7 Å². The van der Waals surface area contributed by atoms with Gasteiger partial charge in [0.2, 0.25) is 0 Å². The fraction of sp³-hybridized carbons (Fsp3) is 0.227. The first-order valence-electron chi connectivity index (χ1n) is 9.06. The summed E-state index contributed by atoms with van der Waals surface area (Å²) in [6, 6.07) is 10.9. The zero-order chi connectivity index (χ0) is 20.6. The molecule has 7 heteroatoms. The molecule has 0 saturated carbocycles. The minimum Gasteiger partial charge on any atom is -0.366 e. The van der Waals surface area contributed by atoms with Gasteiger partial charge in [-0.3, -0.25) is 9.36 Å². The second-order valence-electron chi connectivity index (χ2n) is 7.01. The van der Waals surface area contributed by atoms with Crippen LogP contribution >= 0.6 is 0 Å². The first-order chi connectivity index (χ1) is 13.9. The molecule has 0 atom stereocenters. The Bertz CT molecular complexity index is 1290. The zero-order valence-corrected chi connectivity index (χ0v) is 15.3. The molecule has 1 aliphatic rings. The smallest absolute Gasteiger partial charge is 0.261 e. The van der Waals surface area contributed by atoms with Crippen molar-refractivity contribution in [3.05, 3.63) is 75.1 Å². The van der Waals surface area contributed by atoms with Crippen molar-refractivity contribution in [3.63, 3.8) is 0 Å². The molecule has 0 saturated heterocycles. The highest BCUT2D eigenvalue weighted by molar-refractivity contribution is 5.79. The van der Waals surface area contributed by atoms with Crippen molar-refractivity contribution in [2.45, 2.75) is 31.6 Å². The third kappa shape index (κ3) is 3.74. The fourth-order valence-corrected chi connectivity index (χ4v) is 3.32. The SMILES string of the molecule is N#Cc1ccc(C#Cc2ccc3c(=O)n4c(nc3c2)CCC(O)(O)CC4)c(F)c1. The highest BCUT2D eigenvalue weighted by atomic mass is 19.1. The van der Waals surface area contributed by atoms with Gasteiger partial charge < -0.3 is 10.2 Å². The lowest BCUT2D eigenvalue weighted by molar-refractivity contribution is -0.169. The Morgan fingerprint density at radius 1 is 1.10 bits per heavy atom. The predicted octanol–water partition coefficient (Wildman–Crippen LogP) is 1.82. The van der Waals surface area contributed by atoms with Crippen LogP contribution in [-0.2, 0) is 13.0 Å². The molecule has 0 unspecified atom stereocenters. The summed E-state index contributed by atoms with van der Waals surface area (Å²) in [5.74, 6) is 3.70. The predicted molar refractivity (Wildman–Crippen MR) is 103 cm³/mol. The van der Waals surface area contributed by atoms with Crippen LogP contribution in [0.25, 0.3) is 10.9 Å². The lowest BCUT2D eigenvalue weighted by atomic mass is 10.1. The molecule has 4 rings (SSSR count). The Labute approximate surface area is 165 Å². The van der Waals surface area contributed by atoms with Crippen LogP contribution in [0, 0.1) is 29.0 Å². The highest BCUT2D eigenvalue weighted by Crippen LogP contribution is 2.21. The van der Waals surface area contributed by atoms with Gasteiger partial charge in [0.15, 0.2) is 5.79 Å². The minimum absolute atomic E-state index is 0.0623. The van der Waals surface area contributed by atoms with Gasteiger partial charge in [0.05, 0.1) is 28.1 Å². The van der Waals surface area contributed by atoms with E-state index in [-0.39, 0.29) is 42.5 Å². The molecule has 1 aliphatic heterocycles. The molecular weight excluding hydrogens is 373 g/mol. The third-order valence-electron chi connectivity index (χ3n) is 4.96. The van der Waals surface area contributed by atoms with Crippen LogP contribution in [0.4, 0.5) is 4.39 Å². The number of nitrogens with zero attached hydrogens (tertiary/aromatic N) is 3. The molecular formula is C22H16FN3O3. The van der Waals surface area contributed by atoms with E-state index >= 15 is 0 Å². The van der Waals surface area contributed by atoms with Crippen molar-refractivity contribution in [3.8, 4) is 17.9 Å². The molecule has 29 heavy (non-hydrogen) atoms. The van der Waals surface area contributed by atoms with Crippen LogP contribution in [0.1, 0.15) is 35.4 Å². The molecule has 0 spiro atoms. The average molecular weight is 389 g/mol. The maximum atomic E-state index is 14.0. The Kier molecular flexibility index (Phi) is 4.63. The number of hydrogen-bond acceptors (Lipinski definition) is 5.